The summed E-state index contributed by atoms with van der Waals surface area (Å²) in [6.45, 7) is 0.371. The molecular formula is C20H20F3NO4. The average Bonchev–Trinajstić information content (AvgIpc) is 2.65. The minimum atomic E-state index is -2.90. The van der Waals surface area contributed by atoms with Crippen LogP contribution in [-0.4, -0.2) is 36.9 Å². The Morgan fingerprint density at radius 1 is 1.32 bits per heavy atom. The topological polar surface area (TPSA) is 57.7 Å². The molecule has 1 unspecified atom stereocenters. The standard InChI is InChI=1S/C20H20F3NO4/c1-3-26-19(25)17-9-15(13-6-4-11(2)8-16(13)21)14-7-5-12(10-27-20(22)23)28-18(14)24-17/h4,6,8-9,12,20H,3,5,7,10H2,1-2H3. The van der Waals surface area contributed by atoms with E-state index in [1.807, 2.05) is 0 Å². The fourth-order valence-corrected chi connectivity index (χ4v) is 3.10. The van der Waals surface area contributed by atoms with E-state index in [1.165, 1.54) is 12.1 Å². The van der Waals surface area contributed by atoms with Crippen molar-refractivity contribution >= 4 is 5.97 Å². The van der Waals surface area contributed by atoms with Crippen molar-refractivity contribution in [2.45, 2.75) is 39.4 Å². The molecule has 0 N–H and O–H groups in total. The van der Waals surface area contributed by atoms with Crippen LogP contribution in [0.15, 0.2) is 24.3 Å². The summed E-state index contributed by atoms with van der Waals surface area (Å²) in [6, 6.07) is 6.26. The molecule has 0 aliphatic carbocycles. The molecule has 0 saturated heterocycles. The molecule has 0 fully saturated rings. The number of rotatable bonds is 6. The van der Waals surface area contributed by atoms with E-state index in [1.54, 1.807) is 26.0 Å². The van der Waals surface area contributed by atoms with Gasteiger partial charge >= 0.3 is 12.6 Å². The van der Waals surface area contributed by atoms with Gasteiger partial charge < -0.3 is 14.2 Å². The van der Waals surface area contributed by atoms with Gasteiger partial charge in [0.1, 0.15) is 11.9 Å². The van der Waals surface area contributed by atoms with Gasteiger partial charge in [0.05, 0.1) is 13.2 Å². The number of hydrogen-bond donors (Lipinski definition) is 0. The second-order valence-electron chi connectivity index (χ2n) is 6.42. The maximum absolute atomic E-state index is 14.6. The SMILES string of the molecule is CCOC(=O)c1cc(-c2ccc(C)cc2F)c2c(n1)OC(COC(F)F)CC2. The Labute approximate surface area is 160 Å². The average molecular weight is 395 g/mol. The number of carbonyl (C=O) groups is 1. The summed E-state index contributed by atoms with van der Waals surface area (Å²) >= 11 is 0. The molecule has 8 heteroatoms. The number of benzene rings is 1. The van der Waals surface area contributed by atoms with Crippen LogP contribution in [0.1, 0.15) is 35.0 Å². The highest BCUT2D eigenvalue weighted by molar-refractivity contribution is 5.90. The van der Waals surface area contributed by atoms with Gasteiger partial charge in [0.25, 0.3) is 0 Å². The van der Waals surface area contributed by atoms with Crippen LogP contribution in [0, 0.1) is 12.7 Å². The lowest BCUT2D eigenvalue weighted by Gasteiger charge is -2.27. The maximum atomic E-state index is 14.6. The molecule has 1 aromatic carbocycles. The third kappa shape index (κ3) is 4.44. The second-order valence-corrected chi connectivity index (χ2v) is 6.42. The Balaban J connectivity index is 2.03. The summed E-state index contributed by atoms with van der Waals surface area (Å²) < 4.78 is 54.2. The van der Waals surface area contributed by atoms with Crippen molar-refractivity contribution in [1.82, 2.24) is 4.98 Å². The molecule has 5 nitrogen and oxygen atoms in total. The van der Waals surface area contributed by atoms with Crippen LogP contribution in [0.2, 0.25) is 0 Å². The predicted octanol–water partition coefficient (Wildman–Crippen LogP) is 4.31. The van der Waals surface area contributed by atoms with E-state index >= 15 is 0 Å². The summed E-state index contributed by atoms with van der Waals surface area (Å²) in [7, 11) is 0. The minimum absolute atomic E-state index is 0.0361. The number of esters is 1. The van der Waals surface area contributed by atoms with E-state index in [0.29, 0.717) is 29.5 Å². The second kappa shape index (κ2) is 8.60. The number of hydrogen-bond acceptors (Lipinski definition) is 5. The van der Waals surface area contributed by atoms with E-state index in [9.17, 15) is 18.0 Å². The first-order chi connectivity index (χ1) is 13.4. The summed E-state index contributed by atoms with van der Waals surface area (Å²) in [5.41, 5.74) is 2.12. The largest absolute Gasteiger partial charge is 0.472 e. The minimum Gasteiger partial charge on any atom is -0.472 e. The molecule has 2 aromatic rings. The Hall–Kier alpha value is -2.61. The van der Waals surface area contributed by atoms with Gasteiger partial charge in [0.2, 0.25) is 5.88 Å². The van der Waals surface area contributed by atoms with E-state index in [2.05, 4.69) is 9.72 Å². The number of ether oxygens (including phenoxy) is 3. The Kier molecular flexibility index (Phi) is 6.18. The fraction of sp³-hybridized carbons (Fsp3) is 0.400. The number of alkyl halides is 2. The molecule has 0 radical (unpaired) electrons. The van der Waals surface area contributed by atoms with Crippen LogP contribution in [-0.2, 0) is 15.9 Å². The number of halogens is 3. The number of nitrogens with zero attached hydrogens (tertiary/aromatic N) is 1. The Morgan fingerprint density at radius 3 is 2.79 bits per heavy atom. The summed E-state index contributed by atoms with van der Waals surface area (Å²) in [5, 5.41) is 0. The molecular weight excluding hydrogens is 375 g/mol. The lowest BCUT2D eigenvalue weighted by Crippen LogP contribution is -2.30. The van der Waals surface area contributed by atoms with Crippen LogP contribution in [0.5, 0.6) is 5.88 Å². The van der Waals surface area contributed by atoms with Crippen LogP contribution >= 0.6 is 0 Å². The molecule has 150 valence electrons. The molecule has 0 amide bonds. The van der Waals surface area contributed by atoms with Gasteiger partial charge in [-0.2, -0.15) is 8.78 Å². The van der Waals surface area contributed by atoms with Gasteiger partial charge in [-0.1, -0.05) is 12.1 Å². The lowest BCUT2D eigenvalue weighted by atomic mass is 9.93. The smallest absolute Gasteiger partial charge is 0.357 e. The number of aryl methyl sites for hydroxylation is 1. The van der Waals surface area contributed by atoms with Crippen LogP contribution in [0.25, 0.3) is 11.1 Å². The molecule has 3 rings (SSSR count). The van der Waals surface area contributed by atoms with Crippen molar-refractivity contribution in [3.63, 3.8) is 0 Å². The van der Waals surface area contributed by atoms with Gasteiger partial charge in [0, 0.05) is 11.1 Å². The van der Waals surface area contributed by atoms with Crippen LogP contribution in [0.4, 0.5) is 13.2 Å². The zero-order valence-corrected chi connectivity index (χ0v) is 15.5. The summed E-state index contributed by atoms with van der Waals surface area (Å²) in [4.78, 5) is 16.4. The predicted molar refractivity (Wildman–Crippen MR) is 95.0 cm³/mol. The van der Waals surface area contributed by atoms with Crippen LogP contribution in [0.3, 0.4) is 0 Å². The van der Waals surface area contributed by atoms with Crippen molar-refractivity contribution in [3.05, 3.63) is 46.9 Å². The van der Waals surface area contributed by atoms with Gasteiger partial charge in [-0.05, 0) is 49.9 Å². The molecule has 0 saturated carbocycles. The van der Waals surface area contributed by atoms with Crippen molar-refractivity contribution in [2.75, 3.05) is 13.2 Å². The van der Waals surface area contributed by atoms with Crippen molar-refractivity contribution in [2.24, 2.45) is 0 Å². The Morgan fingerprint density at radius 2 is 2.11 bits per heavy atom. The van der Waals surface area contributed by atoms with Gasteiger partial charge in [-0.15, -0.1) is 0 Å². The van der Waals surface area contributed by atoms with Gasteiger partial charge in [0.15, 0.2) is 5.69 Å². The zero-order chi connectivity index (χ0) is 20.3. The maximum Gasteiger partial charge on any atom is 0.357 e. The molecule has 1 atom stereocenters. The molecule has 0 spiro atoms. The number of fused-ring (bicyclic) bond motifs is 1. The first kappa shape index (κ1) is 20.1. The van der Waals surface area contributed by atoms with Crippen molar-refractivity contribution in [1.29, 1.82) is 0 Å². The normalized spacial score (nSPS) is 15.9. The number of aromatic nitrogens is 1. The molecule has 1 aliphatic rings. The zero-order valence-electron chi connectivity index (χ0n) is 15.5. The highest BCUT2D eigenvalue weighted by atomic mass is 19.3. The van der Waals surface area contributed by atoms with E-state index in [4.69, 9.17) is 9.47 Å². The van der Waals surface area contributed by atoms with Crippen LogP contribution < -0.4 is 4.74 Å². The quantitative estimate of drug-likeness (QED) is 0.683. The first-order valence-electron chi connectivity index (χ1n) is 8.93. The molecule has 1 aliphatic heterocycles. The van der Waals surface area contributed by atoms with Crippen molar-refractivity contribution < 1.29 is 32.2 Å². The van der Waals surface area contributed by atoms with Crippen molar-refractivity contribution in [3.8, 4) is 17.0 Å². The highest BCUT2D eigenvalue weighted by Gasteiger charge is 2.28. The van der Waals surface area contributed by atoms with E-state index in [0.717, 1.165) is 5.56 Å². The molecule has 1 aromatic heterocycles. The third-order valence-corrected chi connectivity index (χ3v) is 4.39. The summed E-state index contributed by atoms with van der Waals surface area (Å²) in [5.74, 6) is -1.00. The number of pyridine rings is 1. The Bertz CT molecular complexity index is 873. The third-order valence-electron chi connectivity index (χ3n) is 4.39. The first-order valence-corrected chi connectivity index (χ1v) is 8.93. The fourth-order valence-electron chi connectivity index (χ4n) is 3.10. The molecule has 2 heterocycles. The van der Waals surface area contributed by atoms with E-state index in [-0.39, 0.29) is 24.8 Å². The monoisotopic (exact) mass is 395 g/mol. The lowest BCUT2D eigenvalue weighted by molar-refractivity contribution is -0.146. The molecule has 28 heavy (non-hydrogen) atoms. The van der Waals surface area contributed by atoms with Gasteiger partial charge in [-0.3, -0.25) is 0 Å². The van der Waals surface area contributed by atoms with Gasteiger partial charge in [-0.25, -0.2) is 14.2 Å². The molecule has 0 bridgehead atoms. The van der Waals surface area contributed by atoms with E-state index < -0.39 is 24.5 Å². The highest BCUT2D eigenvalue weighted by Crippen LogP contribution is 2.37. The summed E-state index contributed by atoms with van der Waals surface area (Å²) in [6.07, 6.45) is 0.188. The number of carbonyl (C=O) groups excluding carboxylic acids is 1.